The van der Waals surface area contributed by atoms with Gasteiger partial charge < -0.3 is 15.4 Å². The molecule has 1 aromatic carbocycles. The molecule has 1 aliphatic heterocycles. The predicted octanol–water partition coefficient (Wildman–Crippen LogP) is 2.84. The van der Waals surface area contributed by atoms with E-state index in [1.165, 1.54) is 0 Å². The lowest BCUT2D eigenvalue weighted by Crippen LogP contribution is -2.49. The van der Waals surface area contributed by atoms with Crippen molar-refractivity contribution in [1.29, 1.82) is 0 Å². The van der Waals surface area contributed by atoms with Gasteiger partial charge in [-0.25, -0.2) is 0 Å². The van der Waals surface area contributed by atoms with Crippen molar-refractivity contribution < 1.29 is 9.53 Å². The van der Waals surface area contributed by atoms with Gasteiger partial charge in [0.05, 0.1) is 0 Å². The molecule has 0 spiro atoms. The van der Waals surface area contributed by atoms with Crippen molar-refractivity contribution in [3.63, 3.8) is 0 Å². The van der Waals surface area contributed by atoms with Crippen LogP contribution in [0.15, 0.2) is 18.2 Å². The molecule has 1 aromatic rings. The summed E-state index contributed by atoms with van der Waals surface area (Å²) in [6, 6.07) is 6.28. The van der Waals surface area contributed by atoms with E-state index >= 15 is 0 Å². The van der Waals surface area contributed by atoms with Crippen molar-refractivity contribution in [2.24, 2.45) is 5.73 Å². The molecule has 2 rings (SSSR count). The maximum absolute atomic E-state index is 12.6. The van der Waals surface area contributed by atoms with Gasteiger partial charge >= 0.3 is 0 Å². The molecule has 0 bridgehead atoms. The van der Waals surface area contributed by atoms with Gasteiger partial charge in [-0.2, -0.15) is 0 Å². The zero-order valence-electron chi connectivity index (χ0n) is 14.1. The molecule has 1 aliphatic rings. The highest BCUT2D eigenvalue weighted by Crippen LogP contribution is 2.28. The Kier molecular flexibility index (Phi) is 5.46. The molecule has 4 nitrogen and oxygen atoms in total. The average Bonchev–Trinajstić information content (AvgIpc) is 2.46. The second kappa shape index (κ2) is 7.14. The number of ether oxygens (including phenoxy) is 1. The second-order valence-electron chi connectivity index (χ2n) is 6.64. The van der Waals surface area contributed by atoms with Crippen LogP contribution in [-0.4, -0.2) is 36.0 Å². The number of benzene rings is 1. The molecule has 22 heavy (non-hydrogen) atoms. The molecule has 1 heterocycles. The van der Waals surface area contributed by atoms with Gasteiger partial charge in [0, 0.05) is 19.1 Å². The number of hydrogen-bond acceptors (Lipinski definition) is 3. The first-order valence-electron chi connectivity index (χ1n) is 8.20. The summed E-state index contributed by atoms with van der Waals surface area (Å²) in [5, 5.41) is 0. The lowest BCUT2D eigenvalue weighted by atomic mass is 10.0. The Morgan fingerprint density at radius 2 is 2.09 bits per heavy atom. The van der Waals surface area contributed by atoms with Crippen LogP contribution in [-0.2, 0) is 4.79 Å². The molecule has 0 aliphatic carbocycles. The molecule has 0 aromatic heterocycles. The van der Waals surface area contributed by atoms with Gasteiger partial charge in [0.15, 0.2) is 6.10 Å². The van der Waals surface area contributed by atoms with E-state index in [-0.39, 0.29) is 11.9 Å². The minimum absolute atomic E-state index is 0.0337. The predicted molar refractivity (Wildman–Crippen MR) is 89.1 cm³/mol. The molecule has 2 N–H and O–H groups in total. The number of piperidine rings is 1. The van der Waals surface area contributed by atoms with Crippen LogP contribution in [0.2, 0.25) is 0 Å². The van der Waals surface area contributed by atoms with E-state index in [2.05, 4.69) is 26.0 Å². The summed E-state index contributed by atoms with van der Waals surface area (Å²) in [5.74, 6) is 1.21. The van der Waals surface area contributed by atoms with Crippen LogP contribution < -0.4 is 10.5 Å². The Hall–Kier alpha value is -1.55. The van der Waals surface area contributed by atoms with Gasteiger partial charge in [-0.1, -0.05) is 26.0 Å². The van der Waals surface area contributed by atoms with Gasteiger partial charge in [0.1, 0.15) is 5.75 Å². The van der Waals surface area contributed by atoms with Crippen LogP contribution in [0.1, 0.15) is 50.7 Å². The van der Waals surface area contributed by atoms with Crippen molar-refractivity contribution in [2.75, 3.05) is 13.1 Å². The summed E-state index contributed by atoms with van der Waals surface area (Å²) in [5.41, 5.74) is 8.24. The summed E-state index contributed by atoms with van der Waals surface area (Å²) in [6.45, 7) is 9.55. The molecule has 1 amide bonds. The molecule has 1 fully saturated rings. The van der Waals surface area contributed by atoms with Crippen LogP contribution in [0.25, 0.3) is 0 Å². The molecular weight excluding hydrogens is 276 g/mol. The fourth-order valence-electron chi connectivity index (χ4n) is 2.93. The maximum Gasteiger partial charge on any atom is 0.263 e. The van der Waals surface area contributed by atoms with E-state index in [9.17, 15) is 4.79 Å². The lowest BCUT2D eigenvalue weighted by Gasteiger charge is -2.32. The van der Waals surface area contributed by atoms with Crippen molar-refractivity contribution in [2.45, 2.75) is 58.6 Å². The zero-order valence-corrected chi connectivity index (χ0v) is 14.1. The van der Waals surface area contributed by atoms with Crippen LogP contribution in [0.5, 0.6) is 5.75 Å². The standard InChI is InChI=1S/C18H28N2O2/c1-12(2)16-8-7-13(3)10-17(16)22-14(4)18(21)20-9-5-6-15(19)11-20/h7-8,10,12,14-15H,5-6,9,11,19H2,1-4H3. The average molecular weight is 304 g/mol. The van der Waals surface area contributed by atoms with Crippen LogP contribution in [0, 0.1) is 6.92 Å². The van der Waals surface area contributed by atoms with E-state index in [4.69, 9.17) is 10.5 Å². The largest absolute Gasteiger partial charge is 0.481 e. The number of likely N-dealkylation sites (tertiary alicyclic amines) is 1. The first-order valence-corrected chi connectivity index (χ1v) is 8.20. The van der Waals surface area contributed by atoms with E-state index < -0.39 is 6.10 Å². The minimum atomic E-state index is -0.482. The fourth-order valence-corrected chi connectivity index (χ4v) is 2.93. The van der Waals surface area contributed by atoms with E-state index in [1.807, 2.05) is 24.8 Å². The number of carbonyl (C=O) groups excluding carboxylic acids is 1. The monoisotopic (exact) mass is 304 g/mol. The first kappa shape index (κ1) is 16.8. The Balaban J connectivity index is 2.09. The maximum atomic E-state index is 12.6. The Bertz CT molecular complexity index is 528. The minimum Gasteiger partial charge on any atom is -0.481 e. The first-order chi connectivity index (χ1) is 10.4. The molecule has 4 heteroatoms. The molecule has 122 valence electrons. The highest BCUT2D eigenvalue weighted by Gasteiger charge is 2.26. The third-order valence-corrected chi connectivity index (χ3v) is 4.21. The molecule has 2 unspecified atom stereocenters. The molecular formula is C18H28N2O2. The highest BCUT2D eigenvalue weighted by atomic mass is 16.5. The summed E-state index contributed by atoms with van der Waals surface area (Å²) < 4.78 is 6.01. The number of amides is 1. The van der Waals surface area contributed by atoms with Crippen molar-refractivity contribution in [3.8, 4) is 5.75 Å². The molecule has 1 saturated heterocycles. The van der Waals surface area contributed by atoms with Gasteiger partial charge in [-0.15, -0.1) is 0 Å². The normalized spacial score (nSPS) is 20.1. The number of carbonyl (C=O) groups is 1. The van der Waals surface area contributed by atoms with E-state index in [1.54, 1.807) is 0 Å². The number of aryl methyl sites for hydroxylation is 1. The fraction of sp³-hybridized carbons (Fsp3) is 0.611. The van der Waals surface area contributed by atoms with Crippen molar-refractivity contribution in [3.05, 3.63) is 29.3 Å². The number of nitrogens with zero attached hydrogens (tertiary/aromatic N) is 1. The third kappa shape index (κ3) is 4.01. The highest BCUT2D eigenvalue weighted by molar-refractivity contribution is 5.81. The molecule has 0 radical (unpaired) electrons. The van der Waals surface area contributed by atoms with Crippen molar-refractivity contribution in [1.82, 2.24) is 4.90 Å². The summed E-state index contributed by atoms with van der Waals surface area (Å²) in [6.07, 6.45) is 1.49. The van der Waals surface area contributed by atoms with E-state index in [0.717, 1.165) is 36.3 Å². The van der Waals surface area contributed by atoms with Gasteiger partial charge in [0.25, 0.3) is 5.91 Å². The van der Waals surface area contributed by atoms with Gasteiger partial charge in [0.2, 0.25) is 0 Å². The van der Waals surface area contributed by atoms with Crippen LogP contribution in [0.3, 0.4) is 0 Å². The van der Waals surface area contributed by atoms with Crippen molar-refractivity contribution >= 4 is 5.91 Å². The zero-order chi connectivity index (χ0) is 16.3. The summed E-state index contributed by atoms with van der Waals surface area (Å²) in [4.78, 5) is 14.4. The molecule has 0 saturated carbocycles. The number of nitrogens with two attached hydrogens (primary N) is 1. The smallest absolute Gasteiger partial charge is 0.263 e. The van der Waals surface area contributed by atoms with Crippen LogP contribution >= 0.6 is 0 Å². The van der Waals surface area contributed by atoms with E-state index in [0.29, 0.717) is 12.5 Å². The summed E-state index contributed by atoms with van der Waals surface area (Å²) in [7, 11) is 0. The quantitative estimate of drug-likeness (QED) is 0.930. The lowest BCUT2D eigenvalue weighted by molar-refractivity contribution is -0.139. The molecule has 2 atom stereocenters. The van der Waals surface area contributed by atoms with Gasteiger partial charge in [-0.05, 0) is 49.8 Å². The number of hydrogen-bond donors (Lipinski definition) is 1. The Morgan fingerprint density at radius 1 is 1.36 bits per heavy atom. The van der Waals surface area contributed by atoms with Crippen LogP contribution in [0.4, 0.5) is 0 Å². The number of rotatable bonds is 4. The SMILES string of the molecule is Cc1ccc(C(C)C)c(OC(C)C(=O)N2CCCC(N)C2)c1. The Labute approximate surface area is 133 Å². The van der Waals surface area contributed by atoms with Gasteiger partial charge in [-0.3, -0.25) is 4.79 Å². The summed E-state index contributed by atoms with van der Waals surface area (Å²) >= 11 is 0. The second-order valence-corrected chi connectivity index (χ2v) is 6.64. The topological polar surface area (TPSA) is 55.6 Å². The Morgan fingerprint density at radius 3 is 2.73 bits per heavy atom. The third-order valence-electron chi connectivity index (χ3n) is 4.21.